The summed E-state index contributed by atoms with van der Waals surface area (Å²) in [5.74, 6) is -3.64. The molecule has 1 unspecified atom stereocenters. The van der Waals surface area contributed by atoms with Gasteiger partial charge in [0.25, 0.3) is 5.91 Å². The molecule has 0 spiro atoms. The van der Waals surface area contributed by atoms with E-state index in [1.54, 1.807) is 36.1 Å². The van der Waals surface area contributed by atoms with Gasteiger partial charge in [-0.1, -0.05) is 31.2 Å². The van der Waals surface area contributed by atoms with E-state index in [1.807, 2.05) is 0 Å². The minimum Gasteiger partial charge on any atom is -0.485 e. The van der Waals surface area contributed by atoms with E-state index in [-0.39, 0.29) is 43.4 Å². The van der Waals surface area contributed by atoms with E-state index in [0.717, 1.165) is 12.1 Å². The smallest absolute Gasteiger partial charge is 0.254 e. The average Bonchev–Trinajstić information content (AvgIpc) is 2.83. The number of carbonyl (C=O) groups excluding carboxylic acids is 2. The predicted molar refractivity (Wildman–Crippen MR) is 116 cm³/mol. The van der Waals surface area contributed by atoms with E-state index in [1.165, 1.54) is 12.1 Å². The molecular weight excluding hydrogens is 435 g/mol. The number of Topliss-reactive ketones (excluding diaryl/α,β-unsaturated/α-hetero) is 1. The Bertz CT molecular complexity index is 1190. The number of hydrogen-bond donors (Lipinski definition) is 0. The molecule has 172 valence electrons. The highest BCUT2D eigenvalue weighted by atomic mass is 19.1. The molecule has 1 heterocycles. The van der Waals surface area contributed by atoms with Crippen molar-refractivity contribution in [2.45, 2.75) is 19.4 Å². The van der Waals surface area contributed by atoms with Gasteiger partial charge in [-0.05, 0) is 29.7 Å². The van der Waals surface area contributed by atoms with Crippen molar-refractivity contribution in [1.82, 2.24) is 4.90 Å². The molecule has 0 aromatic heterocycles. The second-order valence-electron chi connectivity index (χ2n) is 7.74. The van der Waals surface area contributed by atoms with Crippen molar-refractivity contribution < 1.29 is 32.2 Å². The number of benzene rings is 3. The fraction of sp³-hybridized carbons (Fsp3) is 0.280. The van der Waals surface area contributed by atoms with Crippen LogP contribution >= 0.6 is 0 Å². The fourth-order valence-corrected chi connectivity index (χ4v) is 3.86. The minimum absolute atomic E-state index is 0.0583. The number of morpholine rings is 1. The van der Waals surface area contributed by atoms with Crippen LogP contribution < -0.4 is 4.74 Å². The standard InChI is InChI=1S/C25H22F3NO4/c1-2-23(30)15-11-21(27)24(22(28)12-15)33-14-16-13-29(9-10-32-16)25(31)19-7-8-20(26)18-6-4-3-5-17(18)19/h3-8,11-12,16H,2,9-10,13-14H2,1H3. The predicted octanol–water partition coefficient (Wildman–Crippen LogP) is 4.77. The number of nitrogens with zero attached hydrogens (tertiary/aromatic N) is 1. The molecule has 0 saturated carbocycles. The highest BCUT2D eigenvalue weighted by Crippen LogP contribution is 2.26. The maximum Gasteiger partial charge on any atom is 0.254 e. The van der Waals surface area contributed by atoms with Crippen molar-refractivity contribution in [1.29, 1.82) is 0 Å². The lowest BCUT2D eigenvalue weighted by Gasteiger charge is -2.33. The van der Waals surface area contributed by atoms with Crippen LogP contribution in [0.2, 0.25) is 0 Å². The number of ether oxygens (including phenoxy) is 2. The summed E-state index contributed by atoms with van der Waals surface area (Å²) in [6.07, 6.45) is -0.493. The van der Waals surface area contributed by atoms with Gasteiger partial charge in [0.05, 0.1) is 13.2 Å². The first-order chi connectivity index (χ1) is 15.9. The third kappa shape index (κ3) is 4.71. The molecule has 4 rings (SSSR count). The Morgan fingerprint density at radius 2 is 1.73 bits per heavy atom. The first-order valence-corrected chi connectivity index (χ1v) is 10.6. The van der Waals surface area contributed by atoms with Crippen molar-refractivity contribution in [3.63, 3.8) is 0 Å². The number of carbonyl (C=O) groups is 2. The van der Waals surface area contributed by atoms with Gasteiger partial charge in [0, 0.05) is 29.5 Å². The summed E-state index contributed by atoms with van der Waals surface area (Å²) in [5, 5.41) is 0.861. The van der Waals surface area contributed by atoms with Crippen LogP contribution in [0.15, 0.2) is 48.5 Å². The molecule has 5 nitrogen and oxygen atoms in total. The molecule has 3 aromatic carbocycles. The largest absolute Gasteiger partial charge is 0.485 e. The van der Waals surface area contributed by atoms with Crippen molar-refractivity contribution in [2.24, 2.45) is 0 Å². The third-order valence-electron chi connectivity index (χ3n) is 5.58. The number of halogens is 3. The summed E-state index contributed by atoms with van der Waals surface area (Å²) in [7, 11) is 0. The monoisotopic (exact) mass is 457 g/mol. The van der Waals surface area contributed by atoms with Crippen LogP contribution in [0, 0.1) is 17.5 Å². The fourth-order valence-electron chi connectivity index (χ4n) is 3.86. The van der Waals surface area contributed by atoms with Crippen LogP contribution in [0.5, 0.6) is 5.75 Å². The van der Waals surface area contributed by atoms with E-state index < -0.39 is 29.3 Å². The zero-order chi connectivity index (χ0) is 23.5. The summed E-state index contributed by atoms with van der Waals surface area (Å²) in [5.41, 5.74) is 0.305. The highest BCUT2D eigenvalue weighted by molar-refractivity contribution is 6.07. The van der Waals surface area contributed by atoms with Crippen molar-refractivity contribution in [3.8, 4) is 5.75 Å². The molecule has 0 radical (unpaired) electrons. The Kier molecular flexibility index (Phi) is 6.65. The molecule has 1 atom stereocenters. The summed E-state index contributed by atoms with van der Waals surface area (Å²) in [4.78, 5) is 26.4. The normalized spacial score (nSPS) is 16.1. The van der Waals surface area contributed by atoms with Gasteiger partial charge < -0.3 is 14.4 Å². The molecule has 1 amide bonds. The van der Waals surface area contributed by atoms with Crippen LogP contribution in [0.25, 0.3) is 10.8 Å². The quantitative estimate of drug-likeness (QED) is 0.501. The molecule has 1 saturated heterocycles. The molecular formula is C25H22F3NO4. The molecule has 0 aliphatic carbocycles. The number of amides is 1. The highest BCUT2D eigenvalue weighted by Gasteiger charge is 2.27. The Morgan fingerprint density at radius 3 is 2.42 bits per heavy atom. The van der Waals surface area contributed by atoms with E-state index in [4.69, 9.17) is 9.47 Å². The lowest BCUT2D eigenvalue weighted by atomic mass is 10.0. The Labute approximate surface area is 188 Å². The molecule has 0 bridgehead atoms. The maximum atomic E-state index is 14.3. The van der Waals surface area contributed by atoms with Gasteiger partial charge in [-0.3, -0.25) is 9.59 Å². The number of ketones is 1. The molecule has 33 heavy (non-hydrogen) atoms. The maximum absolute atomic E-state index is 14.3. The van der Waals surface area contributed by atoms with Crippen molar-refractivity contribution >= 4 is 22.5 Å². The lowest BCUT2D eigenvalue weighted by molar-refractivity contribution is -0.0410. The Morgan fingerprint density at radius 1 is 1.03 bits per heavy atom. The van der Waals surface area contributed by atoms with Gasteiger partial charge in [0.15, 0.2) is 23.2 Å². The first-order valence-electron chi connectivity index (χ1n) is 10.6. The van der Waals surface area contributed by atoms with Crippen molar-refractivity contribution in [3.05, 3.63) is 77.1 Å². The Balaban J connectivity index is 1.46. The van der Waals surface area contributed by atoms with Crippen LogP contribution in [0.3, 0.4) is 0 Å². The van der Waals surface area contributed by atoms with Crippen LogP contribution in [-0.2, 0) is 4.74 Å². The van der Waals surface area contributed by atoms with Gasteiger partial charge in [-0.25, -0.2) is 13.2 Å². The molecule has 0 N–H and O–H groups in total. The average molecular weight is 457 g/mol. The number of fused-ring (bicyclic) bond motifs is 1. The van der Waals surface area contributed by atoms with Crippen LogP contribution in [-0.4, -0.2) is 49.0 Å². The van der Waals surface area contributed by atoms with E-state index in [9.17, 15) is 22.8 Å². The minimum atomic E-state index is -0.978. The van der Waals surface area contributed by atoms with E-state index in [0.29, 0.717) is 22.9 Å². The van der Waals surface area contributed by atoms with E-state index in [2.05, 4.69) is 0 Å². The third-order valence-corrected chi connectivity index (χ3v) is 5.58. The molecule has 3 aromatic rings. The summed E-state index contributed by atoms with van der Waals surface area (Å²) in [6.45, 7) is 2.08. The van der Waals surface area contributed by atoms with Gasteiger partial charge in [0.2, 0.25) is 0 Å². The number of hydrogen-bond acceptors (Lipinski definition) is 4. The second kappa shape index (κ2) is 9.62. The summed E-state index contributed by atoms with van der Waals surface area (Å²) < 4.78 is 53.7. The lowest BCUT2D eigenvalue weighted by Crippen LogP contribution is -2.47. The van der Waals surface area contributed by atoms with Gasteiger partial charge in [-0.15, -0.1) is 0 Å². The Hall–Kier alpha value is -3.39. The van der Waals surface area contributed by atoms with Gasteiger partial charge >= 0.3 is 0 Å². The summed E-state index contributed by atoms with van der Waals surface area (Å²) >= 11 is 0. The number of rotatable bonds is 6. The van der Waals surface area contributed by atoms with Crippen LogP contribution in [0.1, 0.15) is 34.1 Å². The van der Waals surface area contributed by atoms with Crippen LogP contribution in [0.4, 0.5) is 13.2 Å². The molecule has 1 aliphatic heterocycles. The molecule has 1 aliphatic rings. The molecule has 8 heteroatoms. The van der Waals surface area contributed by atoms with Crippen molar-refractivity contribution in [2.75, 3.05) is 26.3 Å². The van der Waals surface area contributed by atoms with E-state index >= 15 is 0 Å². The molecule has 1 fully saturated rings. The zero-order valence-corrected chi connectivity index (χ0v) is 17.9. The zero-order valence-electron chi connectivity index (χ0n) is 17.9. The topological polar surface area (TPSA) is 55.8 Å². The van der Waals surface area contributed by atoms with Gasteiger partial charge in [0.1, 0.15) is 18.5 Å². The second-order valence-corrected chi connectivity index (χ2v) is 7.74. The van der Waals surface area contributed by atoms with Gasteiger partial charge in [-0.2, -0.15) is 0 Å². The SMILES string of the molecule is CCC(=O)c1cc(F)c(OCC2CN(C(=O)c3ccc(F)c4ccccc34)CCO2)c(F)c1. The summed E-state index contributed by atoms with van der Waals surface area (Å²) in [6, 6.07) is 11.3. The first kappa shape index (κ1) is 22.8.